The van der Waals surface area contributed by atoms with Crippen LogP contribution in [0, 0.1) is 11.8 Å². The SMILES string of the molecule is CNC(Cc1c(Cl)cccc1Cl)C1CCC(C)CC1. The smallest absolute Gasteiger partial charge is 0.0453 e. The van der Waals surface area contributed by atoms with E-state index in [2.05, 4.69) is 12.2 Å². The van der Waals surface area contributed by atoms with Gasteiger partial charge in [0, 0.05) is 16.1 Å². The lowest BCUT2D eigenvalue weighted by molar-refractivity contribution is 0.235. The molecule has 0 aromatic heterocycles. The Balaban J connectivity index is 2.06. The number of likely N-dealkylation sites (N-methyl/N-ethyl adjacent to an activating group) is 1. The molecule has 1 nitrogen and oxygen atoms in total. The fourth-order valence-corrected chi connectivity index (χ4v) is 3.69. The van der Waals surface area contributed by atoms with Crippen LogP contribution in [0.5, 0.6) is 0 Å². The molecule has 1 aliphatic carbocycles. The molecule has 1 aromatic rings. The standard InChI is InChI=1S/C16H23Cl2N/c1-11-6-8-12(9-7-11)16(19-2)10-13-14(17)4-3-5-15(13)18/h3-5,11-12,16,19H,6-10H2,1-2H3. The van der Waals surface area contributed by atoms with Gasteiger partial charge >= 0.3 is 0 Å². The van der Waals surface area contributed by atoms with Crippen LogP contribution >= 0.6 is 23.2 Å². The van der Waals surface area contributed by atoms with Crippen molar-refractivity contribution < 1.29 is 0 Å². The highest BCUT2D eigenvalue weighted by molar-refractivity contribution is 6.36. The van der Waals surface area contributed by atoms with Gasteiger partial charge < -0.3 is 5.32 Å². The van der Waals surface area contributed by atoms with Crippen molar-refractivity contribution in [1.82, 2.24) is 5.32 Å². The van der Waals surface area contributed by atoms with E-state index in [1.165, 1.54) is 25.7 Å². The molecule has 1 fully saturated rings. The van der Waals surface area contributed by atoms with E-state index in [4.69, 9.17) is 23.2 Å². The molecule has 3 heteroatoms. The summed E-state index contributed by atoms with van der Waals surface area (Å²) in [5.74, 6) is 1.63. The molecule has 0 amide bonds. The summed E-state index contributed by atoms with van der Waals surface area (Å²) < 4.78 is 0. The van der Waals surface area contributed by atoms with Gasteiger partial charge in [-0.05, 0) is 55.8 Å². The Labute approximate surface area is 126 Å². The molecule has 1 atom stereocenters. The second-order valence-corrected chi connectivity index (χ2v) is 6.63. The molecule has 0 aliphatic heterocycles. The molecule has 1 aromatic carbocycles. The summed E-state index contributed by atoms with van der Waals surface area (Å²) >= 11 is 12.6. The maximum atomic E-state index is 6.28. The highest BCUT2D eigenvalue weighted by atomic mass is 35.5. The topological polar surface area (TPSA) is 12.0 Å². The van der Waals surface area contributed by atoms with Gasteiger partial charge in [0.1, 0.15) is 0 Å². The van der Waals surface area contributed by atoms with Crippen LogP contribution in [0.3, 0.4) is 0 Å². The third kappa shape index (κ3) is 3.87. The molecule has 0 saturated heterocycles. The summed E-state index contributed by atoms with van der Waals surface area (Å²) in [4.78, 5) is 0. The Bertz CT molecular complexity index is 391. The van der Waals surface area contributed by atoms with Crippen molar-refractivity contribution in [3.05, 3.63) is 33.8 Å². The van der Waals surface area contributed by atoms with Crippen LogP contribution in [-0.4, -0.2) is 13.1 Å². The Hall–Kier alpha value is -0.240. The van der Waals surface area contributed by atoms with E-state index in [-0.39, 0.29) is 0 Å². The van der Waals surface area contributed by atoms with Crippen LogP contribution in [0.15, 0.2) is 18.2 Å². The summed E-state index contributed by atoms with van der Waals surface area (Å²) in [5.41, 5.74) is 1.09. The van der Waals surface area contributed by atoms with Crippen molar-refractivity contribution in [3.8, 4) is 0 Å². The molecule has 1 saturated carbocycles. The molecular weight excluding hydrogens is 277 g/mol. The fraction of sp³-hybridized carbons (Fsp3) is 0.625. The molecule has 0 spiro atoms. The van der Waals surface area contributed by atoms with E-state index in [1.54, 1.807) is 0 Å². The number of hydrogen-bond donors (Lipinski definition) is 1. The summed E-state index contributed by atoms with van der Waals surface area (Å²) in [7, 11) is 2.05. The van der Waals surface area contributed by atoms with E-state index >= 15 is 0 Å². The van der Waals surface area contributed by atoms with E-state index in [0.29, 0.717) is 6.04 Å². The summed E-state index contributed by atoms with van der Waals surface area (Å²) in [5, 5.41) is 5.05. The molecule has 19 heavy (non-hydrogen) atoms. The van der Waals surface area contributed by atoms with E-state index in [0.717, 1.165) is 33.9 Å². The van der Waals surface area contributed by atoms with Crippen LogP contribution in [0.2, 0.25) is 10.0 Å². The number of halogens is 2. The van der Waals surface area contributed by atoms with Gasteiger partial charge in [0.25, 0.3) is 0 Å². The molecule has 1 aliphatic rings. The van der Waals surface area contributed by atoms with Gasteiger partial charge in [-0.3, -0.25) is 0 Å². The lowest BCUT2D eigenvalue weighted by Crippen LogP contribution is -2.37. The lowest BCUT2D eigenvalue weighted by atomic mass is 9.78. The third-order valence-electron chi connectivity index (χ3n) is 4.49. The highest BCUT2D eigenvalue weighted by Crippen LogP contribution is 2.33. The number of rotatable bonds is 4. The van der Waals surface area contributed by atoms with E-state index in [1.807, 2.05) is 25.2 Å². The van der Waals surface area contributed by atoms with Crippen molar-refractivity contribution in [2.75, 3.05) is 7.05 Å². The largest absolute Gasteiger partial charge is 0.316 e. The van der Waals surface area contributed by atoms with Gasteiger partial charge in [0.2, 0.25) is 0 Å². The minimum atomic E-state index is 0.477. The number of benzene rings is 1. The zero-order valence-corrected chi connectivity index (χ0v) is 13.3. The van der Waals surface area contributed by atoms with E-state index < -0.39 is 0 Å². The van der Waals surface area contributed by atoms with Crippen LogP contribution in [0.1, 0.15) is 38.2 Å². The maximum Gasteiger partial charge on any atom is 0.0453 e. The highest BCUT2D eigenvalue weighted by Gasteiger charge is 2.26. The average Bonchev–Trinajstić information content (AvgIpc) is 2.40. The van der Waals surface area contributed by atoms with Crippen molar-refractivity contribution in [1.29, 1.82) is 0 Å². The Morgan fingerprint density at radius 1 is 1.16 bits per heavy atom. The second kappa shape index (κ2) is 6.97. The minimum absolute atomic E-state index is 0.477. The fourth-order valence-electron chi connectivity index (χ4n) is 3.14. The first-order valence-corrected chi connectivity index (χ1v) is 7.97. The van der Waals surface area contributed by atoms with Crippen molar-refractivity contribution in [3.63, 3.8) is 0 Å². The molecule has 106 valence electrons. The Kier molecular flexibility index (Phi) is 5.56. The normalized spacial score (nSPS) is 25.3. The predicted molar refractivity (Wildman–Crippen MR) is 84.1 cm³/mol. The lowest BCUT2D eigenvalue weighted by Gasteiger charge is -2.33. The van der Waals surface area contributed by atoms with Crippen LogP contribution in [0.25, 0.3) is 0 Å². The minimum Gasteiger partial charge on any atom is -0.316 e. The molecule has 0 bridgehead atoms. The van der Waals surface area contributed by atoms with Crippen molar-refractivity contribution in [2.24, 2.45) is 11.8 Å². The summed E-state index contributed by atoms with van der Waals surface area (Å²) in [6.07, 6.45) is 6.25. The summed E-state index contributed by atoms with van der Waals surface area (Å²) in [6, 6.07) is 6.24. The first-order valence-electron chi connectivity index (χ1n) is 7.22. The van der Waals surface area contributed by atoms with Gasteiger partial charge in [-0.1, -0.05) is 49.0 Å². The quantitative estimate of drug-likeness (QED) is 0.829. The van der Waals surface area contributed by atoms with Gasteiger partial charge in [-0.25, -0.2) is 0 Å². The zero-order valence-electron chi connectivity index (χ0n) is 11.8. The molecule has 0 heterocycles. The Morgan fingerprint density at radius 2 is 1.74 bits per heavy atom. The molecule has 1 N–H and O–H groups in total. The third-order valence-corrected chi connectivity index (χ3v) is 5.19. The van der Waals surface area contributed by atoms with Gasteiger partial charge in [0.15, 0.2) is 0 Å². The molecule has 2 rings (SSSR count). The number of nitrogens with one attached hydrogen (secondary N) is 1. The second-order valence-electron chi connectivity index (χ2n) is 5.82. The molecule has 0 radical (unpaired) electrons. The average molecular weight is 300 g/mol. The predicted octanol–water partition coefficient (Wildman–Crippen LogP) is 4.95. The van der Waals surface area contributed by atoms with Crippen LogP contribution in [0.4, 0.5) is 0 Å². The first kappa shape index (κ1) is 15.2. The van der Waals surface area contributed by atoms with Gasteiger partial charge in [0.05, 0.1) is 0 Å². The van der Waals surface area contributed by atoms with Crippen LogP contribution < -0.4 is 5.32 Å². The van der Waals surface area contributed by atoms with E-state index in [9.17, 15) is 0 Å². The first-order chi connectivity index (χ1) is 9.11. The molecule has 1 unspecified atom stereocenters. The van der Waals surface area contributed by atoms with Gasteiger partial charge in [-0.15, -0.1) is 0 Å². The zero-order chi connectivity index (χ0) is 13.8. The van der Waals surface area contributed by atoms with Gasteiger partial charge in [-0.2, -0.15) is 0 Å². The monoisotopic (exact) mass is 299 g/mol. The summed E-state index contributed by atoms with van der Waals surface area (Å²) in [6.45, 7) is 2.36. The van der Waals surface area contributed by atoms with Crippen LogP contribution in [-0.2, 0) is 6.42 Å². The van der Waals surface area contributed by atoms with Crippen molar-refractivity contribution >= 4 is 23.2 Å². The van der Waals surface area contributed by atoms with Crippen molar-refractivity contribution in [2.45, 2.75) is 45.1 Å². The Morgan fingerprint density at radius 3 is 2.26 bits per heavy atom. The maximum absolute atomic E-state index is 6.28. The molecular formula is C16H23Cl2N. The number of hydrogen-bond acceptors (Lipinski definition) is 1.